The molecule has 0 saturated heterocycles. The summed E-state index contributed by atoms with van der Waals surface area (Å²) in [4.78, 5) is 27.4. The van der Waals surface area contributed by atoms with Gasteiger partial charge in [-0.25, -0.2) is 0 Å². The van der Waals surface area contributed by atoms with Gasteiger partial charge in [0.1, 0.15) is 17.7 Å². The number of imide groups is 1. The van der Waals surface area contributed by atoms with E-state index in [1.807, 2.05) is 36.9 Å². The molecule has 0 fully saturated rings. The van der Waals surface area contributed by atoms with E-state index in [2.05, 4.69) is 5.32 Å². The predicted molar refractivity (Wildman–Crippen MR) is 117 cm³/mol. The van der Waals surface area contributed by atoms with Crippen molar-refractivity contribution in [2.24, 2.45) is 0 Å². The van der Waals surface area contributed by atoms with Gasteiger partial charge in [-0.2, -0.15) is 0 Å². The Morgan fingerprint density at radius 3 is 2.65 bits per heavy atom. The van der Waals surface area contributed by atoms with Crippen molar-refractivity contribution in [2.45, 2.75) is 46.4 Å². The van der Waals surface area contributed by atoms with E-state index < -0.39 is 12.1 Å². The minimum atomic E-state index is -0.508. The largest absolute Gasteiger partial charge is 0.494 e. The number of rotatable bonds is 8. The topological polar surface area (TPSA) is 88.1 Å². The van der Waals surface area contributed by atoms with Gasteiger partial charge < -0.3 is 14.6 Å². The molecular formula is C24H30N2O5. The number of hydrogen-bond acceptors (Lipinski definition) is 6. The molecule has 2 aromatic carbocycles. The van der Waals surface area contributed by atoms with E-state index in [4.69, 9.17) is 9.47 Å². The number of fused-ring (bicyclic) bond motifs is 1. The van der Waals surface area contributed by atoms with E-state index in [1.54, 1.807) is 25.1 Å². The molecule has 7 nitrogen and oxygen atoms in total. The van der Waals surface area contributed by atoms with Crippen LogP contribution in [0.3, 0.4) is 0 Å². The zero-order chi connectivity index (χ0) is 22.4. The average molecular weight is 427 g/mol. The van der Waals surface area contributed by atoms with Gasteiger partial charge in [0, 0.05) is 19.2 Å². The number of ether oxygens (including phenoxy) is 2. The molecule has 0 aromatic heterocycles. The van der Waals surface area contributed by atoms with Crippen LogP contribution in [0.4, 0.5) is 0 Å². The third-order valence-electron chi connectivity index (χ3n) is 5.33. The highest BCUT2D eigenvalue weighted by Gasteiger charge is 2.23. The first-order chi connectivity index (χ1) is 14.9. The second-order valence-electron chi connectivity index (χ2n) is 7.49. The molecule has 1 aliphatic heterocycles. The third kappa shape index (κ3) is 5.62. The summed E-state index contributed by atoms with van der Waals surface area (Å²) < 4.78 is 11.0. The van der Waals surface area contributed by atoms with E-state index in [9.17, 15) is 14.7 Å². The molecule has 2 amide bonds. The van der Waals surface area contributed by atoms with Gasteiger partial charge in [-0.05, 0) is 56.0 Å². The summed E-state index contributed by atoms with van der Waals surface area (Å²) in [5.41, 5.74) is 3.43. The fourth-order valence-corrected chi connectivity index (χ4v) is 3.83. The Balaban J connectivity index is 1.71. The Kier molecular flexibility index (Phi) is 7.65. The number of nitrogens with one attached hydrogen (secondary N) is 1. The van der Waals surface area contributed by atoms with Gasteiger partial charge in [0.2, 0.25) is 5.91 Å². The molecule has 1 atom stereocenters. The summed E-state index contributed by atoms with van der Waals surface area (Å²) in [6, 6.07) is 10.8. The fourth-order valence-electron chi connectivity index (χ4n) is 3.83. The quantitative estimate of drug-likeness (QED) is 0.675. The van der Waals surface area contributed by atoms with Gasteiger partial charge in [-0.15, -0.1) is 0 Å². The highest BCUT2D eigenvalue weighted by molar-refractivity contribution is 6.06. The summed E-state index contributed by atoms with van der Waals surface area (Å²) in [6.07, 6.45) is 0.363. The van der Waals surface area contributed by atoms with Crippen LogP contribution < -0.4 is 14.8 Å². The lowest BCUT2D eigenvalue weighted by atomic mass is 9.92. The summed E-state index contributed by atoms with van der Waals surface area (Å²) in [5.74, 6) is 0.124. The van der Waals surface area contributed by atoms with E-state index >= 15 is 0 Å². The Labute approximate surface area is 183 Å². The third-order valence-corrected chi connectivity index (χ3v) is 5.33. The number of hydrogen-bond donors (Lipinski definition) is 2. The Morgan fingerprint density at radius 1 is 1.16 bits per heavy atom. The molecule has 31 heavy (non-hydrogen) atoms. The first kappa shape index (κ1) is 22.8. The van der Waals surface area contributed by atoms with Crippen LogP contribution in [0.15, 0.2) is 36.4 Å². The van der Waals surface area contributed by atoms with Gasteiger partial charge in [-0.1, -0.05) is 18.2 Å². The van der Waals surface area contributed by atoms with Crippen molar-refractivity contribution >= 4 is 11.8 Å². The maximum absolute atomic E-state index is 12.7. The van der Waals surface area contributed by atoms with Crippen LogP contribution in [0.2, 0.25) is 0 Å². The molecule has 2 aromatic rings. The van der Waals surface area contributed by atoms with Gasteiger partial charge in [0.25, 0.3) is 5.91 Å². The molecule has 1 heterocycles. The van der Waals surface area contributed by atoms with Crippen LogP contribution in [0, 0.1) is 0 Å². The molecular weight excluding hydrogens is 396 g/mol. The van der Waals surface area contributed by atoms with Crippen molar-refractivity contribution in [1.82, 2.24) is 10.2 Å². The first-order valence-corrected chi connectivity index (χ1v) is 10.7. The van der Waals surface area contributed by atoms with Gasteiger partial charge in [0.15, 0.2) is 0 Å². The van der Waals surface area contributed by atoms with Crippen molar-refractivity contribution in [3.05, 3.63) is 58.7 Å². The lowest BCUT2D eigenvalue weighted by Gasteiger charge is -2.32. The molecule has 0 bridgehead atoms. The molecule has 166 valence electrons. The summed E-state index contributed by atoms with van der Waals surface area (Å²) in [5, 5.41) is 12.3. The molecule has 1 aliphatic rings. The standard InChI is InChI=1S/C24H30N2O5/c1-4-30-19-9-10-21(22(14-19)31-5-2)24(29)25-23(28)13-17-7-6-8-18-15-26(16(3)27)12-11-20(17)18/h6-10,14,16,27H,4-5,11-13,15H2,1-3H3,(H,25,28,29)/t16-/m0/s1. The molecule has 0 unspecified atom stereocenters. The van der Waals surface area contributed by atoms with Crippen molar-refractivity contribution in [2.75, 3.05) is 19.8 Å². The first-order valence-electron chi connectivity index (χ1n) is 10.7. The van der Waals surface area contributed by atoms with Crippen LogP contribution >= 0.6 is 0 Å². The number of aliphatic hydroxyl groups is 1. The molecule has 3 rings (SSSR count). The second kappa shape index (κ2) is 10.4. The second-order valence-corrected chi connectivity index (χ2v) is 7.49. The van der Waals surface area contributed by atoms with E-state index in [1.165, 1.54) is 0 Å². The van der Waals surface area contributed by atoms with Crippen LogP contribution in [0.5, 0.6) is 11.5 Å². The molecule has 0 aliphatic carbocycles. The Morgan fingerprint density at radius 2 is 1.94 bits per heavy atom. The maximum atomic E-state index is 12.7. The molecule has 2 N–H and O–H groups in total. The maximum Gasteiger partial charge on any atom is 0.261 e. The van der Waals surface area contributed by atoms with E-state index in [0.29, 0.717) is 36.8 Å². The zero-order valence-corrected chi connectivity index (χ0v) is 18.3. The lowest BCUT2D eigenvalue weighted by molar-refractivity contribution is -0.119. The highest BCUT2D eigenvalue weighted by atomic mass is 16.5. The summed E-state index contributed by atoms with van der Waals surface area (Å²) in [7, 11) is 0. The van der Waals surface area contributed by atoms with Crippen LogP contribution in [-0.2, 0) is 24.2 Å². The van der Waals surface area contributed by atoms with Crippen LogP contribution in [0.25, 0.3) is 0 Å². The number of carbonyl (C=O) groups excluding carboxylic acids is 2. The van der Waals surface area contributed by atoms with Crippen LogP contribution in [0.1, 0.15) is 47.8 Å². The number of benzene rings is 2. The zero-order valence-electron chi connectivity index (χ0n) is 18.3. The monoisotopic (exact) mass is 426 g/mol. The number of nitrogens with zero attached hydrogens (tertiary/aromatic N) is 1. The molecule has 7 heteroatoms. The number of aliphatic hydroxyl groups excluding tert-OH is 1. The Hall–Kier alpha value is -2.90. The fraction of sp³-hybridized carbons (Fsp3) is 0.417. The normalized spacial score (nSPS) is 14.5. The lowest BCUT2D eigenvalue weighted by Crippen LogP contribution is -2.38. The van der Waals surface area contributed by atoms with Crippen molar-refractivity contribution in [3.8, 4) is 11.5 Å². The van der Waals surface area contributed by atoms with Crippen molar-refractivity contribution in [3.63, 3.8) is 0 Å². The van der Waals surface area contributed by atoms with Crippen LogP contribution in [-0.4, -0.2) is 47.8 Å². The van der Waals surface area contributed by atoms with E-state index in [0.717, 1.165) is 29.7 Å². The molecule has 0 spiro atoms. The SMILES string of the molecule is CCOc1ccc(C(=O)NC(=O)Cc2cccc3c2CCN([C@H](C)O)C3)c(OCC)c1. The highest BCUT2D eigenvalue weighted by Crippen LogP contribution is 2.26. The minimum Gasteiger partial charge on any atom is -0.494 e. The summed E-state index contributed by atoms with van der Waals surface area (Å²) in [6.45, 7) is 7.74. The van der Waals surface area contributed by atoms with Crippen molar-refractivity contribution in [1.29, 1.82) is 0 Å². The predicted octanol–water partition coefficient (Wildman–Crippen LogP) is 2.68. The number of carbonyl (C=O) groups is 2. The van der Waals surface area contributed by atoms with Gasteiger partial charge >= 0.3 is 0 Å². The molecule has 0 radical (unpaired) electrons. The smallest absolute Gasteiger partial charge is 0.261 e. The number of amides is 2. The van der Waals surface area contributed by atoms with Crippen molar-refractivity contribution < 1.29 is 24.2 Å². The summed E-state index contributed by atoms with van der Waals surface area (Å²) >= 11 is 0. The average Bonchev–Trinajstić information content (AvgIpc) is 2.74. The van der Waals surface area contributed by atoms with Gasteiger partial charge in [0.05, 0.1) is 25.2 Å². The minimum absolute atomic E-state index is 0.116. The van der Waals surface area contributed by atoms with Gasteiger partial charge in [-0.3, -0.25) is 19.8 Å². The Bertz CT molecular complexity index is 942. The van der Waals surface area contributed by atoms with E-state index in [-0.39, 0.29) is 12.3 Å². The molecule has 0 saturated carbocycles.